The fraction of sp³-hybridized carbons (Fsp3) is 0.667. The van der Waals surface area contributed by atoms with Crippen LogP contribution in [-0.2, 0) is 9.53 Å². The van der Waals surface area contributed by atoms with Crippen molar-refractivity contribution in [1.82, 2.24) is 14.7 Å². The first-order valence-corrected chi connectivity index (χ1v) is 15.8. The summed E-state index contributed by atoms with van der Waals surface area (Å²) in [4.78, 5) is 44.9. The minimum Gasteiger partial charge on any atom is -0.462 e. The van der Waals surface area contributed by atoms with Gasteiger partial charge in [0.25, 0.3) is 0 Å². The van der Waals surface area contributed by atoms with Crippen molar-refractivity contribution in [2.24, 2.45) is 23.2 Å². The maximum absolute atomic E-state index is 13.7. The summed E-state index contributed by atoms with van der Waals surface area (Å²) in [7, 11) is 0. The van der Waals surface area contributed by atoms with E-state index in [4.69, 9.17) is 4.74 Å². The van der Waals surface area contributed by atoms with E-state index >= 15 is 0 Å². The lowest BCUT2D eigenvalue weighted by molar-refractivity contribution is -0.136. The summed E-state index contributed by atoms with van der Waals surface area (Å²) in [5, 5.41) is 2.94. The van der Waals surface area contributed by atoms with Crippen molar-refractivity contribution >= 4 is 23.6 Å². The highest BCUT2D eigenvalue weighted by Gasteiger charge is 2.51. The Balaban J connectivity index is 1.12. The minimum absolute atomic E-state index is 0.131. The smallest absolute Gasteiger partial charge is 0.338 e. The SMILES string of the molecule is CCOC(=O)c1ccc(NC(=O)N2CCN(CCN(CC3=CCC4CC3C4(C)C)C(=O)C3CCCCC3)CC2)cc1. The van der Waals surface area contributed by atoms with E-state index in [-0.39, 0.29) is 17.9 Å². The van der Waals surface area contributed by atoms with Crippen LogP contribution < -0.4 is 5.32 Å². The van der Waals surface area contributed by atoms with Crippen LogP contribution in [-0.4, -0.2) is 85.0 Å². The fourth-order valence-electron chi connectivity index (χ4n) is 7.29. The highest BCUT2D eigenvalue weighted by molar-refractivity contribution is 5.92. The molecule has 1 heterocycles. The van der Waals surface area contributed by atoms with Crippen LogP contribution >= 0.6 is 0 Å². The monoisotopic (exact) mass is 564 g/mol. The molecule has 3 fully saturated rings. The second kappa shape index (κ2) is 13.0. The van der Waals surface area contributed by atoms with E-state index in [0.29, 0.717) is 48.2 Å². The van der Waals surface area contributed by atoms with Gasteiger partial charge in [-0.1, -0.05) is 44.8 Å². The number of nitrogens with one attached hydrogen (secondary N) is 1. The van der Waals surface area contributed by atoms with E-state index in [2.05, 4.69) is 35.0 Å². The number of nitrogens with zero attached hydrogens (tertiary/aromatic N) is 3. The highest BCUT2D eigenvalue weighted by atomic mass is 16.5. The summed E-state index contributed by atoms with van der Waals surface area (Å²) in [5.74, 6) is 1.60. The van der Waals surface area contributed by atoms with Crippen LogP contribution in [0.4, 0.5) is 10.5 Å². The average Bonchev–Trinajstić information content (AvgIpc) is 3.00. The number of hydrogen-bond acceptors (Lipinski definition) is 5. The van der Waals surface area contributed by atoms with Gasteiger partial charge in [0, 0.05) is 57.4 Å². The van der Waals surface area contributed by atoms with E-state index in [1.165, 1.54) is 31.3 Å². The maximum Gasteiger partial charge on any atom is 0.338 e. The van der Waals surface area contributed by atoms with Gasteiger partial charge in [-0.25, -0.2) is 9.59 Å². The Morgan fingerprint density at radius 1 is 1.02 bits per heavy atom. The van der Waals surface area contributed by atoms with Gasteiger partial charge in [0.05, 0.1) is 12.2 Å². The first kappa shape index (κ1) is 29.6. The summed E-state index contributed by atoms with van der Waals surface area (Å²) in [6.45, 7) is 12.2. The Hall–Kier alpha value is -2.87. The molecule has 0 radical (unpaired) electrons. The van der Waals surface area contributed by atoms with Gasteiger partial charge < -0.3 is 19.9 Å². The number of fused-ring (bicyclic) bond motifs is 1. The fourth-order valence-corrected chi connectivity index (χ4v) is 7.29. The Morgan fingerprint density at radius 3 is 2.37 bits per heavy atom. The molecule has 2 saturated carbocycles. The lowest BCUT2D eigenvalue weighted by Crippen LogP contribution is -2.53. The third kappa shape index (κ3) is 6.79. The van der Waals surface area contributed by atoms with E-state index in [9.17, 15) is 14.4 Å². The predicted octanol–water partition coefficient (Wildman–Crippen LogP) is 5.41. The van der Waals surface area contributed by atoms with Gasteiger partial charge in [-0.05, 0) is 74.1 Å². The number of esters is 1. The number of amides is 3. The molecule has 0 aromatic heterocycles. The van der Waals surface area contributed by atoms with E-state index in [1.807, 2.05) is 4.90 Å². The second-order valence-electron chi connectivity index (χ2n) is 13.0. The zero-order valence-electron chi connectivity index (χ0n) is 25.2. The van der Waals surface area contributed by atoms with Gasteiger partial charge in [0.1, 0.15) is 0 Å². The number of anilines is 1. The Kier molecular flexibility index (Phi) is 9.37. The molecular weight excluding hydrogens is 516 g/mol. The molecule has 5 aliphatic rings. The lowest BCUT2D eigenvalue weighted by atomic mass is 9.49. The molecule has 1 aromatic rings. The number of benzene rings is 1. The van der Waals surface area contributed by atoms with E-state index in [0.717, 1.165) is 57.9 Å². The number of piperazine rings is 1. The van der Waals surface area contributed by atoms with Crippen LogP contribution in [0, 0.1) is 23.2 Å². The molecule has 1 aromatic carbocycles. The zero-order valence-corrected chi connectivity index (χ0v) is 25.2. The molecule has 8 heteroatoms. The zero-order chi connectivity index (χ0) is 29.0. The molecule has 41 heavy (non-hydrogen) atoms. The molecular formula is C33H48N4O4. The normalized spacial score (nSPS) is 24.2. The van der Waals surface area contributed by atoms with Crippen LogP contribution in [0.25, 0.3) is 0 Å². The quantitative estimate of drug-likeness (QED) is 0.320. The summed E-state index contributed by atoms with van der Waals surface area (Å²) >= 11 is 0. The van der Waals surface area contributed by atoms with Crippen LogP contribution in [0.15, 0.2) is 35.9 Å². The standard InChI is InChI=1S/C33H48N4O4/c1-4-41-31(39)25-11-14-28(15-12-25)34-32(40)36-19-16-35(17-20-36)18-21-37(30(38)24-8-6-5-7-9-24)23-26-10-13-27-22-29(26)33(27,2)3/h10-12,14-15,24,27,29H,4-9,13,16-23H2,1-3H3,(H,34,40). The Labute approximate surface area is 245 Å². The van der Waals surface area contributed by atoms with Gasteiger partial charge in [-0.2, -0.15) is 0 Å². The van der Waals surface area contributed by atoms with Gasteiger partial charge in [0.2, 0.25) is 5.91 Å². The van der Waals surface area contributed by atoms with Gasteiger partial charge in [-0.15, -0.1) is 0 Å². The third-order valence-electron chi connectivity index (χ3n) is 10.2. The van der Waals surface area contributed by atoms with Gasteiger partial charge >= 0.3 is 12.0 Å². The second-order valence-corrected chi connectivity index (χ2v) is 13.0. The molecule has 1 aliphatic heterocycles. The van der Waals surface area contributed by atoms with Gasteiger partial charge in [-0.3, -0.25) is 9.69 Å². The van der Waals surface area contributed by atoms with Crippen LogP contribution in [0.5, 0.6) is 0 Å². The Bertz CT molecular complexity index is 1120. The van der Waals surface area contributed by atoms with E-state index in [1.54, 1.807) is 31.2 Å². The van der Waals surface area contributed by atoms with Crippen molar-refractivity contribution in [1.29, 1.82) is 0 Å². The highest BCUT2D eigenvalue weighted by Crippen LogP contribution is 2.59. The number of ether oxygens (including phenoxy) is 1. The molecule has 6 rings (SSSR count). The average molecular weight is 565 g/mol. The molecule has 2 atom stereocenters. The van der Waals surface area contributed by atoms with Gasteiger partial charge in [0.15, 0.2) is 0 Å². The van der Waals surface area contributed by atoms with E-state index < -0.39 is 0 Å². The Morgan fingerprint density at radius 2 is 1.73 bits per heavy atom. The minimum atomic E-state index is -0.364. The first-order valence-electron chi connectivity index (χ1n) is 15.8. The molecule has 224 valence electrons. The number of hydrogen-bond donors (Lipinski definition) is 1. The molecule has 1 N–H and O–H groups in total. The van der Waals surface area contributed by atoms with Crippen molar-refractivity contribution in [2.45, 2.75) is 65.7 Å². The number of allylic oxidation sites excluding steroid dienone is 1. The molecule has 1 saturated heterocycles. The third-order valence-corrected chi connectivity index (χ3v) is 10.2. The van der Waals surface area contributed by atoms with Crippen molar-refractivity contribution in [3.8, 4) is 0 Å². The van der Waals surface area contributed by atoms with Crippen LogP contribution in [0.2, 0.25) is 0 Å². The predicted molar refractivity (Wildman–Crippen MR) is 161 cm³/mol. The summed E-state index contributed by atoms with van der Waals surface area (Å²) in [6, 6.07) is 6.66. The number of carbonyl (C=O) groups excluding carboxylic acids is 3. The summed E-state index contributed by atoms with van der Waals surface area (Å²) in [6.07, 6.45) is 10.5. The first-order chi connectivity index (χ1) is 19.8. The molecule has 2 bridgehead atoms. The topological polar surface area (TPSA) is 82.2 Å². The lowest BCUT2D eigenvalue weighted by Gasteiger charge is -2.57. The summed E-state index contributed by atoms with van der Waals surface area (Å²) in [5.41, 5.74) is 2.97. The summed E-state index contributed by atoms with van der Waals surface area (Å²) < 4.78 is 5.02. The number of carbonyl (C=O) groups is 3. The largest absolute Gasteiger partial charge is 0.462 e. The maximum atomic E-state index is 13.7. The molecule has 3 amide bonds. The van der Waals surface area contributed by atoms with Crippen molar-refractivity contribution < 1.29 is 19.1 Å². The molecule has 8 nitrogen and oxygen atoms in total. The molecule has 0 spiro atoms. The number of rotatable bonds is 9. The van der Waals surface area contributed by atoms with Crippen molar-refractivity contribution in [3.05, 3.63) is 41.5 Å². The van der Waals surface area contributed by atoms with Crippen LogP contribution in [0.3, 0.4) is 0 Å². The molecule has 2 unspecified atom stereocenters. The molecule has 4 aliphatic carbocycles. The van der Waals surface area contributed by atoms with Crippen molar-refractivity contribution in [2.75, 3.05) is 57.7 Å². The van der Waals surface area contributed by atoms with Crippen LogP contribution in [0.1, 0.15) is 76.1 Å². The van der Waals surface area contributed by atoms with Crippen molar-refractivity contribution in [3.63, 3.8) is 0 Å². The number of urea groups is 1.